The zero-order valence-corrected chi connectivity index (χ0v) is 11.4. The number of hydrogen-bond acceptors (Lipinski definition) is 4. The molecule has 0 aliphatic heterocycles. The van der Waals surface area contributed by atoms with Gasteiger partial charge in [-0.2, -0.15) is 23.5 Å². The summed E-state index contributed by atoms with van der Waals surface area (Å²) in [6.45, 7) is 1.64. The summed E-state index contributed by atoms with van der Waals surface area (Å²) in [6, 6.07) is 3.17. The first-order chi connectivity index (χ1) is 9.84. The van der Waals surface area contributed by atoms with E-state index in [9.17, 15) is 18.0 Å². The van der Waals surface area contributed by atoms with Gasteiger partial charge in [-0.1, -0.05) is 17.7 Å². The molecule has 0 saturated carbocycles. The third-order valence-corrected chi connectivity index (χ3v) is 2.79. The quantitative estimate of drug-likeness (QED) is 0.881. The summed E-state index contributed by atoms with van der Waals surface area (Å²) in [5.41, 5.74) is -1.86. The molecular formula is C12H9ClF3N3O2. The number of nitrogens with one attached hydrogen (secondary N) is 1. The van der Waals surface area contributed by atoms with Crippen molar-refractivity contribution < 1.29 is 22.7 Å². The fourth-order valence-corrected chi connectivity index (χ4v) is 1.89. The number of carbonyl (C=O) groups excluding carboxylic acids is 1. The van der Waals surface area contributed by atoms with Crippen LogP contribution in [0.15, 0.2) is 18.2 Å². The van der Waals surface area contributed by atoms with Gasteiger partial charge >= 0.3 is 12.1 Å². The van der Waals surface area contributed by atoms with Crippen LogP contribution in [0.1, 0.15) is 23.0 Å². The number of H-pyrrole nitrogens is 1. The third kappa shape index (κ3) is 3.15. The highest BCUT2D eigenvalue weighted by atomic mass is 35.5. The third-order valence-electron chi connectivity index (χ3n) is 2.56. The van der Waals surface area contributed by atoms with Crippen LogP contribution in [0.2, 0.25) is 5.02 Å². The van der Waals surface area contributed by atoms with Crippen LogP contribution in [-0.2, 0) is 10.9 Å². The minimum atomic E-state index is -4.65. The Kier molecular flexibility index (Phi) is 4.17. The Morgan fingerprint density at radius 1 is 1.38 bits per heavy atom. The van der Waals surface area contributed by atoms with E-state index in [0.29, 0.717) is 0 Å². The molecule has 0 unspecified atom stereocenters. The summed E-state index contributed by atoms with van der Waals surface area (Å²) >= 11 is 5.60. The Morgan fingerprint density at radius 2 is 2.10 bits per heavy atom. The maximum atomic E-state index is 13.1. The average Bonchev–Trinajstić information content (AvgIpc) is 2.87. The topological polar surface area (TPSA) is 67.9 Å². The molecule has 9 heteroatoms. The van der Waals surface area contributed by atoms with Gasteiger partial charge in [0.15, 0.2) is 5.69 Å². The van der Waals surface area contributed by atoms with E-state index >= 15 is 0 Å². The SMILES string of the molecule is CCOC(=O)c1n[nH]nc1-c1ccc(Cl)cc1C(F)(F)F. The van der Waals surface area contributed by atoms with Crippen molar-refractivity contribution in [1.29, 1.82) is 0 Å². The van der Waals surface area contributed by atoms with E-state index in [0.717, 1.165) is 12.1 Å². The van der Waals surface area contributed by atoms with Crippen molar-refractivity contribution in [2.75, 3.05) is 6.61 Å². The number of benzene rings is 1. The molecule has 0 radical (unpaired) electrons. The number of aromatic nitrogens is 3. The molecule has 0 atom stereocenters. The summed E-state index contributed by atoms with van der Waals surface area (Å²) in [4.78, 5) is 11.7. The lowest BCUT2D eigenvalue weighted by molar-refractivity contribution is -0.137. The van der Waals surface area contributed by atoms with Crippen LogP contribution in [-0.4, -0.2) is 28.0 Å². The predicted octanol–water partition coefficient (Wildman–Crippen LogP) is 3.32. The highest BCUT2D eigenvalue weighted by molar-refractivity contribution is 6.30. The highest BCUT2D eigenvalue weighted by Gasteiger charge is 2.36. The number of alkyl halides is 3. The first-order valence-electron chi connectivity index (χ1n) is 5.79. The van der Waals surface area contributed by atoms with Crippen molar-refractivity contribution in [3.63, 3.8) is 0 Å². The fraction of sp³-hybridized carbons (Fsp3) is 0.250. The second-order valence-corrected chi connectivity index (χ2v) is 4.37. The molecule has 0 amide bonds. The molecule has 0 aliphatic rings. The summed E-state index contributed by atoms with van der Waals surface area (Å²) in [5.74, 6) is -0.857. The van der Waals surface area contributed by atoms with E-state index in [1.54, 1.807) is 6.92 Å². The molecule has 5 nitrogen and oxygen atoms in total. The molecule has 1 aromatic heterocycles. The first-order valence-corrected chi connectivity index (χ1v) is 6.17. The molecule has 0 saturated heterocycles. The first kappa shape index (κ1) is 15.3. The predicted molar refractivity (Wildman–Crippen MR) is 67.8 cm³/mol. The van der Waals surface area contributed by atoms with Crippen molar-refractivity contribution in [1.82, 2.24) is 15.4 Å². The molecule has 1 heterocycles. The number of carbonyl (C=O) groups is 1. The molecule has 21 heavy (non-hydrogen) atoms. The van der Waals surface area contributed by atoms with Gasteiger partial charge in [0, 0.05) is 10.6 Å². The number of rotatable bonds is 3. The Labute approximate surface area is 122 Å². The Balaban J connectivity index is 2.58. The van der Waals surface area contributed by atoms with Gasteiger partial charge in [0.05, 0.1) is 12.2 Å². The molecular weight excluding hydrogens is 311 g/mol. The lowest BCUT2D eigenvalue weighted by Gasteiger charge is -2.12. The summed E-state index contributed by atoms with van der Waals surface area (Å²) in [6.07, 6.45) is -4.65. The van der Waals surface area contributed by atoms with Crippen LogP contribution in [0.4, 0.5) is 13.2 Å². The molecule has 0 fully saturated rings. The minimum absolute atomic E-state index is 0.0673. The number of aromatic amines is 1. The van der Waals surface area contributed by atoms with E-state index < -0.39 is 17.7 Å². The molecule has 112 valence electrons. The zero-order chi connectivity index (χ0) is 15.6. The maximum absolute atomic E-state index is 13.1. The van der Waals surface area contributed by atoms with Crippen molar-refractivity contribution in [2.24, 2.45) is 0 Å². The van der Waals surface area contributed by atoms with E-state index in [4.69, 9.17) is 16.3 Å². The number of esters is 1. The van der Waals surface area contributed by atoms with Crippen LogP contribution >= 0.6 is 11.6 Å². The maximum Gasteiger partial charge on any atom is 0.417 e. The summed E-state index contributed by atoms with van der Waals surface area (Å²) in [5, 5.41) is 9.21. The van der Waals surface area contributed by atoms with Gasteiger partial charge in [-0.15, -0.1) is 5.10 Å². The number of ether oxygens (including phenoxy) is 1. The lowest BCUT2D eigenvalue weighted by Crippen LogP contribution is -2.10. The molecule has 0 bridgehead atoms. The number of nitrogens with zero attached hydrogens (tertiary/aromatic N) is 2. The van der Waals surface area contributed by atoms with Crippen LogP contribution in [0, 0.1) is 0 Å². The molecule has 2 rings (SSSR count). The van der Waals surface area contributed by atoms with Crippen LogP contribution < -0.4 is 0 Å². The fourth-order valence-electron chi connectivity index (χ4n) is 1.72. The number of halogens is 4. The van der Waals surface area contributed by atoms with Crippen molar-refractivity contribution in [3.05, 3.63) is 34.5 Å². The van der Waals surface area contributed by atoms with Crippen molar-refractivity contribution in [2.45, 2.75) is 13.1 Å². The largest absolute Gasteiger partial charge is 0.461 e. The van der Waals surface area contributed by atoms with Crippen molar-refractivity contribution >= 4 is 17.6 Å². The average molecular weight is 320 g/mol. The van der Waals surface area contributed by atoms with E-state index in [1.807, 2.05) is 0 Å². The van der Waals surface area contributed by atoms with Crippen LogP contribution in [0.25, 0.3) is 11.3 Å². The Hall–Kier alpha value is -2.09. The minimum Gasteiger partial charge on any atom is -0.461 e. The lowest BCUT2D eigenvalue weighted by atomic mass is 10.0. The molecule has 2 aromatic rings. The van der Waals surface area contributed by atoms with E-state index in [1.165, 1.54) is 6.07 Å². The second kappa shape index (κ2) is 5.72. The van der Waals surface area contributed by atoms with E-state index in [-0.39, 0.29) is 28.6 Å². The van der Waals surface area contributed by atoms with Gasteiger partial charge in [0.1, 0.15) is 5.69 Å². The molecule has 1 aromatic carbocycles. The smallest absolute Gasteiger partial charge is 0.417 e. The monoisotopic (exact) mass is 319 g/mol. The van der Waals surface area contributed by atoms with Crippen LogP contribution in [0.3, 0.4) is 0 Å². The second-order valence-electron chi connectivity index (χ2n) is 3.93. The Morgan fingerprint density at radius 3 is 2.71 bits per heavy atom. The van der Waals surface area contributed by atoms with Gasteiger partial charge in [-0.3, -0.25) is 0 Å². The standard InChI is InChI=1S/C12H9ClF3N3O2/c1-2-21-11(20)10-9(17-19-18-10)7-4-3-6(13)5-8(7)12(14,15)16/h3-5H,2H2,1H3,(H,17,18,19). The van der Waals surface area contributed by atoms with Crippen LogP contribution in [0.5, 0.6) is 0 Å². The van der Waals surface area contributed by atoms with Gasteiger partial charge in [0.25, 0.3) is 0 Å². The highest BCUT2D eigenvalue weighted by Crippen LogP contribution is 2.38. The molecule has 0 aliphatic carbocycles. The summed E-state index contributed by atoms with van der Waals surface area (Å²) < 4.78 is 43.9. The van der Waals surface area contributed by atoms with Gasteiger partial charge in [0.2, 0.25) is 0 Å². The van der Waals surface area contributed by atoms with Gasteiger partial charge in [-0.25, -0.2) is 4.79 Å². The normalized spacial score (nSPS) is 11.5. The Bertz CT molecular complexity index is 670. The van der Waals surface area contributed by atoms with Gasteiger partial charge in [-0.05, 0) is 19.1 Å². The molecule has 1 N–H and O–H groups in total. The number of hydrogen-bond donors (Lipinski definition) is 1. The van der Waals surface area contributed by atoms with Gasteiger partial charge < -0.3 is 4.74 Å². The molecule has 0 spiro atoms. The summed E-state index contributed by atoms with van der Waals surface area (Å²) in [7, 11) is 0. The van der Waals surface area contributed by atoms with Crippen molar-refractivity contribution in [3.8, 4) is 11.3 Å². The van der Waals surface area contributed by atoms with E-state index in [2.05, 4.69) is 15.4 Å². The zero-order valence-electron chi connectivity index (χ0n) is 10.7.